The minimum Gasteiger partial charge on any atom is -0.454 e. The van der Waals surface area contributed by atoms with E-state index < -0.39 is 0 Å². The van der Waals surface area contributed by atoms with E-state index in [-0.39, 0.29) is 11.6 Å². The maximum absolute atomic E-state index is 11.2. The van der Waals surface area contributed by atoms with Crippen molar-refractivity contribution in [3.63, 3.8) is 0 Å². The van der Waals surface area contributed by atoms with Crippen molar-refractivity contribution < 1.29 is 9.53 Å². The second kappa shape index (κ2) is 4.05. The third-order valence-electron chi connectivity index (χ3n) is 3.05. The summed E-state index contributed by atoms with van der Waals surface area (Å²) in [5, 5.41) is 0. The van der Waals surface area contributed by atoms with Gasteiger partial charge >= 0.3 is 5.97 Å². The van der Waals surface area contributed by atoms with Crippen molar-refractivity contribution in [2.45, 2.75) is 38.2 Å². The fourth-order valence-electron chi connectivity index (χ4n) is 2.41. The first-order chi connectivity index (χ1) is 7.23. The highest BCUT2D eigenvalue weighted by atomic mass is 16.6. The number of hydrogen-bond acceptors (Lipinski definition) is 2. The molecule has 1 aromatic rings. The minimum absolute atomic E-state index is 0.180. The van der Waals surface area contributed by atoms with E-state index in [2.05, 4.69) is 0 Å². The lowest BCUT2D eigenvalue weighted by Crippen LogP contribution is -2.28. The Morgan fingerprint density at radius 1 is 1.20 bits per heavy atom. The predicted molar refractivity (Wildman–Crippen MR) is 58.4 cm³/mol. The molecule has 0 aliphatic heterocycles. The van der Waals surface area contributed by atoms with Gasteiger partial charge in [0.1, 0.15) is 5.60 Å². The van der Waals surface area contributed by atoms with Gasteiger partial charge in [0.15, 0.2) is 0 Å². The highest BCUT2D eigenvalue weighted by Crippen LogP contribution is 2.42. The molecule has 2 nitrogen and oxygen atoms in total. The summed E-state index contributed by atoms with van der Waals surface area (Å²) >= 11 is 0. The molecule has 0 unspecified atom stereocenters. The summed E-state index contributed by atoms with van der Waals surface area (Å²) in [7, 11) is 0. The number of rotatable bonds is 2. The molecule has 0 bridgehead atoms. The molecule has 1 aliphatic carbocycles. The zero-order chi connectivity index (χ0) is 10.7. The summed E-state index contributed by atoms with van der Waals surface area (Å²) in [4.78, 5) is 11.2. The number of carbonyl (C=O) groups is 1. The van der Waals surface area contributed by atoms with Gasteiger partial charge in [0.05, 0.1) is 0 Å². The fraction of sp³-hybridized carbons (Fsp3) is 0.462. The van der Waals surface area contributed by atoms with E-state index in [1.165, 1.54) is 6.92 Å². The molecule has 0 atom stereocenters. The SMILES string of the molecule is CC(=O)OC1(c2ccccc2)CCCC1. The smallest absolute Gasteiger partial charge is 0.303 e. The maximum Gasteiger partial charge on any atom is 0.303 e. The van der Waals surface area contributed by atoms with E-state index in [4.69, 9.17) is 4.74 Å². The average Bonchev–Trinajstić information content (AvgIpc) is 2.68. The predicted octanol–water partition coefficient (Wildman–Crippen LogP) is 3.02. The zero-order valence-electron chi connectivity index (χ0n) is 9.03. The maximum atomic E-state index is 11.2. The average molecular weight is 204 g/mol. The molecule has 0 aromatic heterocycles. The second-order valence-electron chi connectivity index (χ2n) is 4.16. The summed E-state index contributed by atoms with van der Waals surface area (Å²) in [5.74, 6) is -0.180. The number of benzene rings is 1. The number of hydrogen-bond donors (Lipinski definition) is 0. The van der Waals surface area contributed by atoms with Crippen LogP contribution in [-0.2, 0) is 15.1 Å². The lowest BCUT2D eigenvalue weighted by atomic mass is 9.92. The van der Waals surface area contributed by atoms with E-state index in [0.717, 1.165) is 31.2 Å². The molecule has 1 saturated carbocycles. The summed E-state index contributed by atoms with van der Waals surface area (Å²) in [5.41, 5.74) is 0.797. The van der Waals surface area contributed by atoms with E-state index in [1.807, 2.05) is 30.3 Å². The molecule has 15 heavy (non-hydrogen) atoms. The summed E-state index contributed by atoms with van der Waals surface area (Å²) in [6.45, 7) is 1.49. The normalized spacial score (nSPS) is 18.7. The van der Waals surface area contributed by atoms with Gasteiger partial charge in [-0.25, -0.2) is 0 Å². The minimum atomic E-state index is -0.340. The van der Waals surface area contributed by atoms with Crippen LogP contribution in [0.25, 0.3) is 0 Å². The first kappa shape index (κ1) is 10.2. The van der Waals surface area contributed by atoms with Crippen LogP contribution in [0.4, 0.5) is 0 Å². The van der Waals surface area contributed by atoms with Crippen LogP contribution in [0.15, 0.2) is 30.3 Å². The van der Waals surface area contributed by atoms with E-state index in [1.54, 1.807) is 0 Å². The van der Waals surface area contributed by atoms with Gasteiger partial charge in [-0.15, -0.1) is 0 Å². The Labute approximate surface area is 90.3 Å². The van der Waals surface area contributed by atoms with Gasteiger partial charge in [0, 0.05) is 6.92 Å². The molecule has 1 aromatic carbocycles. The molecule has 0 heterocycles. The largest absolute Gasteiger partial charge is 0.454 e. The van der Waals surface area contributed by atoms with Crippen LogP contribution in [0.2, 0.25) is 0 Å². The Morgan fingerprint density at radius 2 is 1.80 bits per heavy atom. The van der Waals surface area contributed by atoms with Gasteiger partial charge in [-0.1, -0.05) is 30.3 Å². The molecule has 0 saturated heterocycles. The van der Waals surface area contributed by atoms with Crippen molar-refractivity contribution in [1.29, 1.82) is 0 Å². The summed E-state index contributed by atoms with van der Waals surface area (Å²) in [6, 6.07) is 10.1. The van der Waals surface area contributed by atoms with Crippen LogP contribution >= 0.6 is 0 Å². The van der Waals surface area contributed by atoms with Gasteiger partial charge in [0.2, 0.25) is 0 Å². The molecule has 0 spiro atoms. The van der Waals surface area contributed by atoms with Gasteiger partial charge in [-0.05, 0) is 31.2 Å². The van der Waals surface area contributed by atoms with Crippen LogP contribution in [0.5, 0.6) is 0 Å². The Kier molecular flexibility index (Phi) is 2.76. The molecule has 2 rings (SSSR count). The van der Waals surface area contributed by atoms with Crippen molar-refractivity contribution >= 4 is 5.97 Å². The van der Waals surface area contributed by atoms with Crippen molar-refractivity contribution in [1.82, 2.24) is 0 Å². The number of esters is 1. The Balaban J connectivity index is 2.30. The monoisotopic (exact) mass is 204 g/mol. The van der Waals surface area contributed by atoms with Crippen LogP contribution in [0.1, 0.15) is 38.2 Å². The number of carbonyl (C=O) groups excluding carboxylic acids is 1. The first-order valence-electron chi connectivity index (χ1n) is 5.48. The van der Waals surface area contributed by atoms with E-state index in [9.17, 15) is 4.79 Å². The standard InChI is InChI=1S/C13H16O2/c1-11(14)15-13(9-5-6-10-13)12-7-3-2-4-8-12/h2-4,7-8H,5-6,9-10H2,1H3. The van der Waals surface area contributed by atoms with Crippen LogP contribution in [0, 0.1) is 0 Å². The number of ether oxygens (including phenoxy) is 1. The molecule has 1 fully saturated rings. The first-order valence-corrected chi connectivity index (χ1v) is 5.48. The summed E-state index contributed by atoms with van der Waals surface area (Å²) < 4.78 is 5.55. The molecular formula is C13H16O2. The van der Waals surface area contributed by atoms with Crippen LogP contribution in [-0.4, -0.2) is 5.97 Å². The quantitative estimate of drug-likeness (QED) is 0.692. The Bertz CT molecular complexity index is 337. The third kappa shape index (κ3) is 2.04. The summed E-state index contributed by atoms with van der Waals surface area (Å²) in [6.07, 6.45) is 4.19. The molecule has 2 heteroatoms. The molecule has 0 radical (unpaired) electrons. The van der Waals surface area contributed by atoms with E-state index >= 15 is 0 Å². The van der Waals surface area contributed by atoms with Crippen molar-refractivity contribution in [2.24, 2.45) is 0 Å². The Hall–Kier alpha value is -1.31. The zero-order valence-corrected chi connectivity index (χ0v) is 9.03. The van der Waals surface area contributed by atoms with Gasteiger partial charge < -0.3 is 4.74 Å². The molecule has 0 amide bonds. The molecule has 1 aliphatic rings. The van der Waals surface area contributed by atoms with Crippen LogP contribution < -0.4 is 0 Å². The third-order valence-corrected chi connectivity index (χ3v) is 3.05. The van der Waals surface area contributed by atoms with Gasteiger partial charge in [0.25, 0.3) is 0 Å². The van der Waals surface area contributed by atoms with Gasteiger partial charge in [-0.3, -0.25) is 4.79 Å². The topological polar surface area (TPSA) is 26.3 Å². The van der Waals surface area contributed by atoms with Crippen molar-refractivity contribution in [3.05, 3.63) is 35.9 Å². The Morgan fingerprint density at radius 3 is 2.33 bits per heavy atom. The highest BCUT2D eigenvalue weighted by Gasteiger charge is 2.38. The fourth-order valence-corrected chi connectivity index (χ4v) is 2.41. The van der Waals surface area contributed by atoms with Crippen molar-refractivity contribution in [2.75, 3.05) is 0 Å². The lowest BCUT2D eigenvalue weighted by Gasteiger charge is -2.29. The lowest BCUT2D eigenvalue weighted by molar-refractivity contribution is -0.157. The molecule has 80 valence electrons. The second-order valence-corrected chi connectivity index (χ2v) is 4.16. The molecular weight excluding hydrogens is 188 g/mol. The van der Waals surface area contributed by atoms with Gasteiger partial charge in [-0.2, -0.15) is 0 Å². The molecule has 0 N–H and O–H groups in total. The van der Waals surface area contributed by atoms with Crippen LogP contribution in [0.3, 0.4) is 0 Å². The van der Waals surface area contributed by atoms with Crippen molar-refractivity contribution in [3.8, 4) is 0 Å². The highest BCUT2D eigenvalue weighted by molar-refractivity contribution is 5.67. The van der Waals surface area contributed by atoms with E-state index in [0.29, 0.717) is 0 Å².